The van der Waals surface area contributed by atoms with Crippen LogP contribution >= 0.6 is 0 Å². The van der Waals surface area contributed by atoms with Crippen molar-refractivity contribution >= 4 is 0 Å². The third kappa shape index (κ3) is 3.26. The molecule has 0 radical (unpaired) electrons. The molecule has 4 aliphatic carbocycles. The van der Waals surface area contributed by atoms with Gasteiger partial charge in [-0.05, 0) is 85.4 Å². The van der Waals surface area contributed by atoms with Gasteiger partial charge in [-0.15, -0.1) is 0 Å². The van der Waals surface area contributed by atoms with Crippen molar-refractivity contribution in [3.63, 3.8) is 0 Å². The second-order valence-electron chi connectivity index (χ2n) is 12.9. The minimum Gasteiger partial charge on any atom is -0.393 e. The van der Waals surface area contributed by atoms with Crippen LogP contribution in [0.5, 0.6) is 0 Å². The predicted molar refractivity (Wildman–Crippen MR) is 125 cm³/mol. The topological polar surface area (TPSA) is 40.5 Å². The first kappa shape index (κ1) is 22.8. The summed E-state index contributed by atoms with van der Waals surface area (Å²) in [6.45, 7) is 14.6. The summed E-state index contributed by atoms with van der Waals surface area (Å²) in [6.07, 6.45) is 13.9. The average Bonchev–Trinajstić information content (AvgIpc) is 2.89. The van der Waals surface area contributed by atoms with Crippen molar-refractivity contribution in [2.45, 2.75) is 118 Å². The SMILES string of the molecule is CC(C)CCC[C@@H](C)[C@H]1CC(O)[C@@]2(C)C3=CC[C@H]4C[C@@H](O)CC[C@]4(C)[C@H]3CC[C@]12C. The Morgan fingerprint density at radius 3 is 2.43 bits per heavy atom. The Morgan fingerprint density at radius 1 is 1.00 bits per heavy atom. The first-order chi connectivity index (χ1) is 14.0. The average molecular weight is 417 g/mol. The summed E-state index contributed by atoms with van der Waals surface area (Å²) in [5.74, 6) is 3.33. The molecule has 0 aromatic heterocycles. The molecule has 0 saturated heterocycles. The van der Waals surface area contributed by atoms with E-state index in [1.165, 1.54) is 32.1 Å². The molecule has 9 atom stereocenters. The van der Waals surface area contributed by atoms with Crippen LogP contribution in [0, 0.1) is 45.8 Å². The molecular formula is C28H48O2. The van der Waals surface area contributed by atoms with E-state index in [0.29, 0.717) is 29.1 Å². The van der Waals surface area contributed by atoms with Gasteiger partial charge in [0.1, 0.15) is 0 Å². The standard InChI is InChI=1S/C28H48O2/c1-18(2)8-7-9-19(3)24-17-25(30)28(6)23-11-10-20-16-21(29)12-14-26(20,4)22(23)13-15-27(24,28)5/h11,18-22,24-25,29-30H,7-10,12-17H2,1-6H3/t19-,20+,21+,22+,24-,25?,26+,27-,28-/m1/s1. The van der Waals surface area contributed by atoms with Crippen molar-refractivity contribution in [2.24, 2.45) is 45.8 Å². The lowest BCUT2D eigenvalue weighted by Gasteiger charge is -2.61. The summed E-state index contributed by atoms with van der Waals surface area (Å²) < 4.78 is 0. The van der Waals surface area contributed by atoms with Gasteiger partial charge in [0.25, 0.3) is 0 Å². The molecule has 3 saturated carbocycles. The van der Waals surface area contributed by atoms with Crippen LogP contribution in [0.1, 0.15) is 106 Å². The van der Waals surface area contributed by atoms with Crippen molar-refractivity contribution in [1.82, 2.24) is 0 Å². The largest absolute Gasteiger partial charge is 0.393 e. The smallest absolute Gasteiger partial charge is 0.0639 e. The zero-order valence-corrected chi connectivity index (χ0v) is 20.6. The van der Waals surface area contributed by atoms with E-state index < -0.39 is 0 Å². The van der Waals surface area contributed by atoms with Gasteiger partial charge in [0.15, 0.2) is 0 Å². The van der Waals surface area contributed by atoms with Crippen molar-refractivity contribution in [3.8, 4) is 0 Å². The van der Waals surface area contributed by atoms with Crippen molar-refractivity contribution < 1.29 is 10.2 Å². The van der Waals surface area contributed by atoms with Crippen LogP contribution in [0.25, 0.3) is 0 Å². The lowest BCUT2D eigenvalue weighted by molar-refractivity contribution is -0.0819. The first-order valence-corrected chi connectivity index (χ1v) is 13.1. The third-order valence-corrected chi connectivity index (χ3v) is 11.1. The summed E-state index contributed by atoms with van der Waals surface area (Å²) in [7, 11) is 0. The minimum absolute atomic E-state index is 0.0725. The van der Waals surface area contributed by atoms with E-state index in [1.807, 2.05) is 0 Å². The predicted octanol–water partition coefficient (Wildman–Crippen LogP) is 6.75. The zero-order valence-electron chi connectivity index (χ0n) is 20.6. The Hall–Kier alpha value is -0.340. The molecule has 3 fully saturated rings. The van der Waals surface area contributed by atoms with Crippen LogP contribution < -0.4 is 0 Å². The van der Waals surface area contributed by atoms with Crippen LogP contribution in [0.3, 0.4) is 0 Å². The Bertz CT molecular complexity index is 668. The van der Waals surface area contributed by atoms with Crippen LogP contribution in [0.2, 0.25) is 0 Å². The fraction of sp³-hybridized carbons (Fsp3) is 0.929. The molecular weight excluding hydrogens is 368 g/mol. The number of hydrogen-bond acceptors (Lipinski definition) is 2. The fourth-order valence-corrected chi connectivity index (χ4v) is 8.87. The van der Waals surface area contributed by atoms with Gasteiger partial charge in [-0.1, -0.05) is 72.5 Å². The van der Waals surface area contributed by atoms with Gasteiger partial charge in [0, 0.05) is 5.41 Å². The number of rotatable bonds is 5. The van der Waals surface area contributed by atoms with Crippen molar-refractivity contribution in [3.05, 3.63) is 11.6 Å². The maximum Gasteiger partial charge on any atom is 0.0639 e. The summed E-state index contributed by atoms with van der Waals surface area (Å²) in [5, 5.41) is 21.8. The molecule has 1 unspecified atom stereocenters. The summed E-state index contributed by atoms with van der Waals surface area (Å²) in [5.41, 5.74) is 2.06. The zero-order chi connectivity index (χ0) is 21.9. The molecule has 2 N–H and O–H groups in total. The number of hydrogen-bond donors (Lipinski definition) is 2. The maximum absolute atomic E-state index is 11.6. The van der Waals surface area contributed by atoms with Gasteiger partial charge >= 0.3 is 0 Å². The summed E-state index contributed by atoms with van der Waals surface area (Å²) >= 11 is 0. The lowest BCUT2D eigenvalue weighted by atomic mass is 9.43. The highest BCUT2D eigenvalue weighted by atomic mass is 16.3. The highest BCUT2D eigenvalue weighted by molar-refractivity contribution is 5.34. The van der Waals surface area contributed by atoms with Gasteiger partial charge in [-0.2, -0.15) is 0 Å². The Kier molecular flexibility index (Phi) is 6.02. The Labute approximate surface area is 185 Å². The fourth-order valence-electron chi connectivity index (χ4n) is 8.87. The molecule has 0 bridgehead atoms. The molecule has 172 valence electrons. The number of aliphatic hydroxyl groups excluding tert-OH is 2. The molecule has 4 aliphatic rings. The molecule has 2 heteroatoms. The molecule has 30 heavy (non-hydrogen) atoms. The van der Waals surface area contributed by atoms with E-state index >= 15 is 0 Å². The van der Waals surface area contributed by atoms with Gasteiger partial charge < -0.3 is 10.2 Å². The molecule has 0 aliphatic heterocycles. The van der Waals surface area contributed by atoms with Crippen molar-refractivity contribution in [2.75, 3.05) is 0 Å². The lowest BCUT2D eigenvalue weighted by Crippen LogP contribution is -2.55. The highest BCUT2D eigenvalue weighted by Crippen LogP contribution is 2.72. The van der Waals surface area contributed by atoms with Crippen LogP contribution in [-0.2, 0) is 0 Å². The van der Waals surface area contributed by atoms with Crippen molar-refractivity contribution in [1.29, 1.82) is 0 Å². The van der Waals surface area contributed by atoms with E-state index in [-0.39, 0.29) is 23.0 Å². The summed E-state index contributed by atoms with van der Waals surface area (Å²) in [4.78, 5) is 0. The van der Waals surface area contributed by atoms with Crippen LogP contribution in [0.4, 0.5) is 0 Å². The van der Waals surface area contributed by atoms with E-state index in [9.17, 15) is 10.2 Å². The van der Waals surface area contributed by atoms with Gasteiger partial charge in [-0.3, -0.25) is 0 Å². The Morgan fingerprint density at radius 2 is 1.73 bits per heavy atom. The Balaban J connectivity index is 1.61. The van der Waals surface area contributed by atoms with E-state index in [1.54, 1.807) is 5.57 Å². The number of allylic oxidation sites excluding steroid dienone is 1. The normalized spacial score (nSPS) is 49.2. The third-order valence-electron chi connectivity index (χ3n) is 11.1. The van der Waals surface area contributed by atoms with E-state index in [4.69, 9.17) is 0 Å². The quantitative estimate of drug-likeness (QED) is 0.487. The molecule has 0 aromatic carbocycles. The maximum atomic E-state index is 11.6. The minimum atomic E-state index is -0.205. The first-order valence-electron chi connectivity index (χ1n) is 13.1. The molecule has 2 nitrogen and oxygen atoms in total. The molecule has 0 aromatic rings. The van der Waals surface area contributed by atoms with Crippen LogP contribution in [-0.4, -0.2) is 22.4 Å². The highest BCUT2D eigenvalue weighted by Gasteiger charge is 2.66. The van der Waals surface area contributed by atoms with Gasteiger partial charge in [0.2, 0.25) is 0 Å². The van der Waals surface area contributed by atoms with Gasteiger partial charge in [0.05, 0.1) is 12.2 Å². The van der Waals surface area contributed by atoms with E-state index in [0.717, 1.165) is 38.0 Å². The molecule has 0 heterocycles. The van der Waals surface area contributed by atoms with Crippen LogP contribution in [0.15, 0.2) is 11.6 Å². The summed E-state index contributed by atoms with van der Waals surface area (Å²) in [6, 6.07) is 0. The number of fused-ring (bicyclic) bond motifs is 5. The molecule has 0 spiro atoms. The van der Waals surface area contributed by atoms with Gasteiger partial charge in [-0.25, -0.2) is 0 Å². The monoisotopic (exact) mass is 416 g/mol. The second kappa shape index (κ2) is 7.91. The molecule has 4 rings (SSSR count). The number of aliphatic hydroxyl groups is 2. The molecule has 0 amide bonds. The van der Waals surface area contributed by atoms with E-state index in [2.05, 4.69) is 47.6 Å². The second-order valence-corrected chi connectivity index (χ2v) is 12.9.